The van der Waals surface area contributed by atoms with Gasteiger partial charge in [-0.05, 0) is 30.5 Å². The summed E-state index contributed by atoms with van der Waals surface area (Å²) in [7, 11) is 7.64. The molecule has 0 amide bonds. The molecule has 2 aromatic rings. The fourth-order valence-corrected chi connectivity index (χ4v) is 3.70. The fourth-order valence-electron chi connectivity index (χ4n) is 3.70. The summed E-state index contributed by atoms with van der Waals surface area (Å²) in [5.41, 5.74) is 2.23. The lowest BCUT2D eigenvalue weighted by atomic mass is 10.1. The first-order chi connectivity index (χ1) is 14.1. The number of likely N-dealkylation sites (tertiary alicyclic amines) is 1. The average molecular weight is 526 g/mol. The highest BCUT2D eigenvalue weighted by atomic mass is 127. The van der Waals surface area contributed by atoms with Crippen molar-refractivity contribution in [1.29, 1.82) is 0 Å². The lowest BCUT2D eigenvalue weighted by Crippen LogP contribution is -2.48. The van der Waals surface area contributed by atoms with Crippen molar-refractivity contribution in [3.05, 3.63) is 35.9 Å². The molecule has 1 aromatic heterocycles. The third-order valence-corrected chi connectivity index (χ3v) is 5.46. The van der Waals surface area contributed by atoms with Gasteiger partial charge < -0.3 is 25.2 Å². The van der Waals surface area contributed by atoms with E-state index in [-0.39, 0.29) is 24.0 Å². The molecule has 0 bridgehead atoms. The number of halogens is 1. The Morgan fingerprint density at radius 2 is 2.00 bits per heavy atom. The highest BCUT2D eigenvalue weighted by Crippen LogP contribution is 2.22. The van der Waals surface area contributed by atoms with Crippen LogP contribution in [0.25, 0.3) is 10.9 Å². The predicted molar refractivity (Wildman–Crippen MR) is 136 cm³/mol. The number of nitrogens with one attached hydrogen (secondary N) is 2. The minimum atomic E-state index is 0. The third kappa shape index (κ3) is 6.68. The number of fused-ring (bicyclic) bond motifs is 1. The summed E-state index contributed by atoms with van der Waals surface area (Å²) in [6, 6.07) is 10.9. The number of ether oxygens (including phenoxy) is 1. The van der Waals surface area contributed by atoms with Crippen molar-refractivity contribution in [3.8, 4) is 0 Å². The van der Waals surface area contributed by atoms with Gasteiger partial charge in [0, 0.05) is 65.9 Å². The summed E-state index contributed by atoms with van der Waals surface area (Å²) >= 11 is 0. The van der Waals surface area contributed by atoms with Gasteiger partial charge in [-0.2, -0.15) is 0 Å². The highest BCUT2D eigenvalue weighted by Gasteiger charge is 2.19. The van der Waals surface area contributed by atoms with E-state index in [2.05, 4.69) is 44.8 Å². The molecule has 1 aliphatic heterocycles. The molecule has 0 radical (unpaired) electrons. The molecule has 2 N–H and O–H groups in total. The molecule has 30 heavy (non-hydrogen) atoms. The number of methoxy groups -OCH3 is 1. The maximum Gasteiger partial charge on any atom is 0.191 e. The predicted octanol–water partition coefficient (Wildman–Crippen LogP) is 2.69. The molecule has 1 aromatic carbocycles. The van der Waals surface area contributed by atoms with E-state index in [1.54, 1.807) is 7.11 Å². The van der Waals surface area contributed by atoms with E-state index in [0.717, 1.165) is 56.4 Å². The Balaban J connectivity index is 0.00000320. The number of aromatic nitrogens is 1. The number of piperidine rings is 1. The topological polar surface area (TPSA) is 65.0 Å². The Morgan fingerprint density at radius 1 is 1.27 bits per heavy atom. The zero-order valence-electron chi connectivity index (χ0n) is 18.5. The number of nitrogens with zero attached hydrogens (tertiary/aromatic N) is 4. The van der Waals surface area contributed by atoms with Crippen LogP contribution in [0, 0.1) is 0 Å². The standard InChI is InChI=1S/C22H34N6O.HI/c1-23-22(25-18-9-11-28(12-10-18)13-14-29-4)24-16-17-15-21(27(2)3)26-20-8-6-5-7-19(17)20;/h5-8,15,18H,9-14,16H2,1-4H3,(H2,23,24,25);1H. The number of benzene rings is 1. The van der Waals surface area contributed by atoms with Crippen molar-refractivity contribution in [2.45, 2.75) is 25.4 Å². The number of anilines is 1. The van der Waals surface area contributed by atoms with Crippen molar-refractivity contribution in [3.63, 3.8) is 0 Å². The smallest absolute Gasteiger partial charge is 0.191 e. The molecule has 0 atom stereocenters. The average Bonchev–Trinajstić information content (AvgIpc) is 2.75. The van der Waals surface area contributed by atoms with E-state index >= 15 is 0 Å². The Labute approximate surface area is 197 Å². The molecule has 0 unspecified atom stereocenters. The second kappa shape index (κ2) is 12.3. The van der Waals surface area contributed by atoms with Crippen LogP contribution in [0.5, 0.6) is 0 Å². The van der Waals surface area contributed by atoms with Crippen LogP contribution >= 0.6 is 24.0 Å². The lowest BCUT2D eigenvalue weighted by Gasteiger charge is -2.32. The van der Waals surface area contributed by atoms with Crippen LogP contribution in [-0.4, -0.2) is 76.4 Å². The summed E-state index contributed by atoms with van der Waals surface area (Å²) < 4.78 is 5.19. The van der Waals surface area contributed by atoms with Crippen molar-refractivity contribution >= 4 is 46.7 Å². The quantitative estimate of drug-likeness (QED) is 0.329. The second-order valence-corrected chi connectivity index (χ2v) is 7.73. The van der Waals surface area contributed by atoms with E-state index in [1.165, 1.54) is 10.9 Å². The molecule has 0 aliphatic carbocycles. The molecule has 1 aliphatic rings. The molecule has 1 saturated heterocycles. The van der Waals surface area contributed by atoms with Crippen LogP contribution < -0.4 is 15.5 Å². The molecule has 1 fully saturated rings. The van der Waals surface area contributed by atoms with Gasteiger partial charge in [0.25, 0.3) is 0 Å². The van der Waals surface area contributed by atoms with Crippen molar-refractivity contribution in [1.82, 2.24) is 20.5 Å². The van der Waals surface area contributed by atoms with Crippen LogP contribution in [0.2, 0.25) is 0 Å². The zero-order valence-corrected chi connectivity index (χ0v) is 20.8. The summed E-state index contributed by atoms with van der Waals surface area (Å²) in [5, 5.41) is 8.26. The van der Waals surface area contributed by atoms with Crippen LogP contribution in [0.15, 0.2) is 35.3 Å². The van der Waals surface area contributed by atoms with E-state index in [4.69, 9.17) is 9.72 Å². The molecule has 0 spiro atoms. The van der Waals surface area contributed by atoms with Gasteiger partial charge in [-0.25, -0.2) is 4.98 Å². The number of aliphatic imine (C=N–C) groups is 1. The molecule has 7 nitrogen and oxygen atoms in total. The van der Waals surface area contributed by atoms with Gasteiger partial charge in [-0.3, -0.25) is 4.99 Å². The number of guanidine groups is 1. The van der Waals surface area contributed by atoms with Crippen LogP contribution in [0.3, 0.4) is 0 Å². The van der Waals surface area contributed by atoms with Crippen LogP contribution in [-0.2, 0) is 11.3 Å². The molecule has 0 saturated carbocycles. The minimum absolute atomic E-state index is 0. The van der Waals surface area contributed by atoms with Gasteiger partial charge in [-0.15, -0.1) is 24.0 Å². The largest absolute Gasteiger partial charge is 0.383 e. The van der Waals surface area contributed by atoms with Crippen LogP contribution in [0.4, 0.5) is 5.82 Å². The maximum atomic E-state index is 5.19. The summed E-state index contributed by atoms with van der Waals surface area (Å²) in [6.07, 6.45) is 2.24. The van der Waals surface area contributed by atoms with E-state index in [0.29, 0.717) is 12.6 Å². The maximum absolute atomic E-state index is 5.19. The Kier molecular flexibility index (Phi) is 10.1. The lowest BCUT2D eigenvalue weighted by molar-refractivity contribution is 0.128. The highest BCUT2D eigenvalue weighted by molar-refractivity contribution is 14.0. The number of rotatable bonds is 7. The van der Waals surface area contributed by atoms with Crippen molar-refractivity contribution in [2.24, 2.45) is 4.99 Å². The van der Waals surface area contributed by atoms with Crippen molar-refractivity contribution < 1.29 is 4.74 Å². The number of pyridine rings is 1. The molecular weight excluding hydrogens is 491 g/mol. The third-order valence-electron chi connectivity index (χ3n) is 5.46. The summed E-state index contributed by atoms with van der Waals surface area (Å²) in [5.74, 6) is 1.82. The van der Waals surface area contributed by atoms with Gasteiger partial charge in [0.2, 0.25) is 0 Å². The fraction of sp³-hybridized carbons (Fsp3) is 0.545. The first-order valence-corrected chi connectivity index (χ1v) is 10.3. The Bertz CT molecular complexity index is 820. The monoisotopic (exact) mass is 526 g/mol. The van der Waals surface area contributed by atoms with Gasteiger partial charge in [0.05, 0.1) is 12.1 Å². The Hall–Kier alpha value is -1.65. The van der Waals surface area contributed by atoms with Gasteiger partial charge in [0.1, 0.15) is 5.82 Å². The van der Waals surface area contributed by atoms with Crippen molar-refractivity contribution in [2.75, 3.05) is 59.4 Å². The number of para-hydroxylation sites is 1. The minimum Gasteiger partial charge on any atom is -0.383 e. The zero-order chi connectivity index (χ0) is 20.6. The molecule has 3 rings (SSSR count). The summed E-state index contributed by atoms with van der Waals surface area (Å²) in [4.78, 5) is 13.7. The number of hydrogen-bond donors (Lipinski definition) is 2. The summed E-state index contributed by atoms with van der Waals surface area (Å²) in [6.45, 7) is 4.71. The SMILES string of the molecule is CN=C(NCc1cc(N(C)C)nc2ccccc12)NC1CCN(CCOC)CC1.I. The Morgan fingerprint density at radius 3 is 2.67 bits per heavy atom. The first-order valence-electron chi connectivity index (χ1n) is 10.3. The van der Waals surface area contributed by atoms with E-state index < -0.39 is 0 Å². The van der Waals surface area contributed by atoms with Gasteiger partial charge >= 0.3 is 0 Å². The van der Waals surface area contributed by atoms with Gasteiger partial charge in [-0.1, -0.05) is 18.2 Å². The molecule has 8 heteroatoms. The second-order valence-electron chi connectivity index (χ2n) is 7.73. The molecule has 166 valence electrons. The van der Waals surface area contributed by atoms with Crippen LogP contribution in [0.1, 0.15) is 18.4 Å². The molecular formula is C22H35IN6O. The van der Waals surface area contributed by atoms with E-state index in [9.17, 15) is 0 Å². The number of hydrogen-bond acceptors (Lipinski definition) is 5. The first kappa shape index (κ1) is 24.6. The van der Waals surface area contributed by atoms with E-state index in [1.807, 2.05) is 32.1 Å². The normalized spacial score (nSPS) is 15.7. The molecule has 2 heterocycles. The van der Waals surface area contributed by atoms with Gasteiger partial charge in [0.15, 0.2) is 5.96 Å².